The van der Waals surface area contributed by atoms with Crippen molar-refractivity contribution in [1.29, 1.82) is 0 Å². The Kier molecular flexibility index (Phi) is 3.12. The standard InChI is InChI=1S/C8H16NO2S/c1-9(12(2,10)11)8-6-4-3-5-7-8/h3-7H2,1-2H3. The van der Waals surface area contributed by atoms with E-state index in [2.05, 4.69) is 0 Å². The highest BCUT2D eigenvalue weighted by Gasteiger charge is 2.24. The average molecular weight is 190 g/mol. The molecule has 0 spiro atoms. The molecule has 1 aliphatic rings. The van der Waals surface area contributed by atoms with Gasteiger partial charge in [-0.1, -0.05) is 19.3 Å². The first-order valence-corrected chi connectivity index (χ1v) is 6.15. The molecule has 0 heterocycles. The van der Waals surface area contributed by atoms with E-state index < -0.39 is 10.0 Å². The van der Waals surface area contributed by atoms with E-state index >= 15 is 0 Å². The lowest BCUT2D eigenvalue weighted by atomic mass is 9.96. The van der Waals surface area contributed by atoms with Crippen molar-refractivity contribution in [3.8, 4) is 0 Å². The number of hydrogen-bond acceptors (Lipinski definition) is 2. The second kappa shape index (κ2) is 3.75. The molecule has 3 nitrogen and oxygen atoms in total. The van der Waals surface area contributed by atoms with Gasteiger partial charge in [-0.2, -0.15) is 4.31 Å². The van der Waals surface area contributed by atoms with Gasteiger partial charge in [-0.05, 0) is 12.8 Å². The number of rotatable bonds is 2. The molecule has 71 valence electrons. The van der Waals surface area contributed by atoms with Gasteiger partial charge in [-0.3, -0.25) is 0 Å². The van der Waals surface area contributed by atoms with E-state index in [1.54, 1.807) is 7.05 Å². The average Bonchev–Trinajstić information content (AvgIpc) is 2.03. The zero-order valence-electron chi connectivity index (χ0n) is 7.71. The van der Waals surface area contributed by atoms with Crippen molar-refractivity contribution in [1.82, 2.24) is 4.31 Å². The van der Waals surface area contributed by atoms with Gasteiger partial charge in [-0.25, -0.2) is 8.42 Å². The molecule has 0 N–H and O–H groups in total. The minimum atomic E-state index is -3.01. The molecule has 0 unspecified atom stereocenters. The lowest BCUT2D eigenvalue weighted by Crippen LogP contribution is -2.31. The van der Waals surface area contributed by atoms with E-state index in [1.165, 1.54) is 17.0 Å². The third kappa shape index (κ3) is 2.45. The summed E-state index contributed by atoms with van der Waals surface area (Å²) in [6.07, 6.45) is 6.66. The topological polar surface area (TPSA) is 37.4 Å². The molecular weight excluding hydrogens is 174 g/mol. The summed E-state index contributed by atoms with van der Waals surface area (Å²) in [4.78, 5) is 0. The summed E-state index contributed by atoms with van der Waals surface area (Å²) in [7, 11) is -1.36. The molecule has 0 aromatic carbocycles. The van der Waals surface area contributed by atoms with Crippen LogP contribution in [0.3, 0.4) is 0 Å². The maximum atomic E-state index is 11.1. The summed E-state index contributed by atoms with van der Waals surface area (Å²) in [5, 5.41) is 0. The van der Waals surface area contributed by atoms with E-state index in [4.69, 9.17) is 0 Å². The van der Waals surface area contributed by atoms with Crippen LogP contribution >= 0.6 is 0 Å². The largest absolute Gasteiger partial charge is 0.212 e. The van der Waals surface area contributed by atoms with Gasteiger partial charge in [0.25, 0.3) is 0 Å². The Hall–Kier alpha value is -0.0900. The first kappa shape index (κ1) is 9.99. The Morgan fingerprint density at radius 2 is 1.67 bits per heavy atom. The zero-order valence-corrected chi connectivity index (χ0v) is 8.52. The zero-order chi connectivity index (χ0) is 9.19. The highest BCUT2D eigenvalue weighted by atomic mass is 32.2. The van der Waals surface area contributed by atoms with Crippen molar-refractivity contribution in [3.05, 3.63) is 6.04 Å². The van der Waals surface area contributed by atoms with Crippen LogP contribution in [-0.2, 0) is 10.0 Å². The molecule has 0 bridgehead atoms. The molecular formula is C8H16NO2S. The van der Waals surface area contributed by atoms with Gasteiger partial charge in [-0.15, -0.1) is 0 Å². The summed E-state index contributed by atoms with van der Waals surface area (Å²) >= 11 is 0. The molecule has 1 fully saturated rings. The van der Waals surface area contributed by atoms with Crippen molar-refractivity contribution < 1.29 is 8.42 Å². The van der Waals surface area contributed by atoms with Crippen molar-refractivity contribution in [3.63, 3.8) is 0 Å². The fourth-order valence-electron chi connectivity index (χ4n) is 1.51. The highest BCUT2D eigenvalue weighted by molar-refractivity contribution is 7.88. The molecule has 1 radical (unpaired) electrons. The van der Waals surface area contributed by atoms with E-state index in [0.717, 1.165) is 31.7 Å². The van der Waals surface area contributed by atoms with Gasteiger partial charge in [0.2, 0.25) is 10.0 Å². The number of sulfonamides is 1. The van der Waals surface area contributed by atoms with Crippen molar-refractivity contribution in [2.75, 3.05) is 13.3 Å². The minimum Gasteiger partial charge on any atom is -0.212 e. The second-order valence-corrected chi connectivity index (χ2v) is 5.37. The van der Waals surface area contributed by atoms with E-state index in [0.29, 0.717) is 0 Å². The molecule has 1 aliphatic carbocycles. The molecule has 1 saturated carbocycles. The van der Waals surface area contributed by atoms with Crippen LogP contribution in [0.25, 0.3) is 0 Å². The third-order valence-corrected chi connectivity index (χ3v) is 3.63. The summed E-state index contributed by atoms with van der Waals surface area (Å²) in [5.41, 5.74) is 0. The molecule has 1 rings (SSSR count). The van der Waals surface area contributed by atoms with Gasteiger partial charge in [0.05, 0.1) is 12.3 Å². The lowest BCUT2D eigenvalue weighted by Gasteiger charge is -2.28. The predicted octanol–water partition coefficient (Wildman–Crippen LogP) is 1.37. The number of hydrogen-bond donors (Lipinski definition) is 0. The van der Waals surface area contributed by atoms with Crippen LogP contribution in [0.1, 0.15) is 32.1 Å². The van der Waals surface area contributed by atoms with Gasteiger partial charge in [0.1, 0.15) is 0 Å². The van der Waals surface area contributed by atoms with Crippen LogP contribution in [0, 0.1) is 6.04 Å². The maximum Gasteiger partial charge on any atom is 0.211 e. The molecule has 0 amide bonds. The van der Waals surface area contributed by atoms with Gasteiger partial charge in [0.15, 0.2) is 0 Å². The molecule has 0 saturated heterocycles. The maximum absolute atomic E-state index is 11.1. The predicted molar refractivity (Wildman–Crippen MR) is 48.9 cm³/mol. The quantitative estimate of drug-likeness (QED) is 0.659. The molecule has 12 heavy (non-hydrogen) atoms. The number of nitrogens with zero attached hydrogens (tertiary/aromatic N) is 1. The summed E-state index contributed by atoms with van der Waals surface area (Å²) in [5.74, 6) is 0. The fraction of sp³-hybridized carbons (Fsp3) is 0.875. The Bertz CT molecular complexity index is 229. The van der Waals surface area contributed by atoms with Crippen molar-refractivity contribution in [2.45, 2.75) is 32.1 Å². The Morgan fingerprint density at radius 1 is 1.17 bits per heavy atom. The summed E-state index contributed by atoms with van der Waals surface area (Å²) in [6.45, 7) is 0. The van der Waals surface area contributed by atoms with Gasteiger partial charge >= 0.3 is 0 Å². The second-order valence-electron chi connectivity index (χ2n) is 3.36. The van der Waals surface area contributed by atoms with Crippen LogP contribution in [0.4, 0.5) is 0 Å². The van der Waals surface area contributed by atoms with Crippen LogP contribution in [-0.4, -0.2) is 26.0 Å². The SMILES string of the molecule is CN([C]1CCCCC1)S(C)(=O)=O. The first-order chi connectivity index (χ1) is 5.52. The van der Waals surface area contributed by atoms with Gasteiger partial charge < -0.3 is 0 Å². The monoisotopic (exact) mass is 190 g/mol. The van der Waals surface area contributed by atoms with Crippen LogP contribution in [0.15, 0.2) is 0 Å². The molecule has 0 aliphatic heterocycles. The third-order valence-electron chi connectivity index (χ3n) is 2.37. The summed E-state index contributed by atoms with van der Waals surface area (Å²) in [6, 6.07) is 1.07. The van der Waals surface area contributed by atoms with E-state index in [-0.39, 0.29) is 0 Å². The highest BCUT2D eigenvalue weighted by Crippen LogP contribution is 2.28. The molecule has 0 atom stereocenters. The van der Waals surface area contributed by atoms with Gasteiger partial charge in [0, 0.05) is 7.05 Å². The smallest absolute Gasteiger partial charge is 0.211 e. The Labute approximate surface area is 74.8 Å². The first-order valence-electron chi connectivity index (χ1n) is 4.30. The van der Waals surface area contributed by atoms with Crippen LogP contribution < -0.4 is 0 Å². The molecule has 0 aromatic heterocycles. The normalized spacial score (nSPS) is 21.6. The Balaban J connectivity index is 2.57. The lowest BCUT2D eigenvalue weighted by molar-refractivity contribution is 0.386. The summed E-state index contributed by atoms with van der Waals surface area (Å²) < 4.78 is 23.7. The fourth-order valence-corrected chi connectivity index (χ4v) is 2.16. The Morgan fingerprint density at radius 3 is 2.08 bits per heavy atom. The van der Waals surface area contributed by atoms with E-state index in [1.807, 2.05) is 0 Å². The van der Waals surface area contributed by atoms with Crippen molar-refractivity contribution in [2.24, 2.45) is 0 Å². The molecule has 0 aromatic rings. The van der Waals surface area contributed by atoms with E-state index in [9.17, 15) is 8.42 Å². The molecule has 4 heteroatoms. The minimum absolute atomic E-state index is 0.948. The van der Waals surface area contributed by atoms with Crippen LogP contribution in [0.5, 0.6) is 0 Å². The van der Waals surface area contributed by atoms with Crippen molar-refractivity contribution >= 4 is 10.0 Å². The van der Waals surface area contributed by atoms with Crippen LogP contribution in [0.2, 0.25) is 0 Å².